The Bertz CT molecular complexity index is 488. The Hall–Kier alpha value is 0.966. The van der Waals surface area contributed by atoms with E-state index in [1.54, 1.807) is 0 Å². The van der Waals surface area contributed by atoms with Gasteiger partial charge in [-0.2, -0.15) is 0 Å². The molecule has 0 spiro atoms. The Morgan fingerprint density at radius 2 is 1.22 bits per heavy atom. The van der Waals surface area contributed by atoms with Gasteiger partial charge < -0.3 is 0 Å². The van der Waals surface area contributed by atoms with Gasteiger partial charge in [0.1, 0.15) is 0 Å². The maximum Gasteiger partial charge on any atom is -0.147 e. The van der Waals surface area contributed by atoms with E-state index in [1.807, 2.05) is 6.56 Å². The molecule has 2 aliphatic carbocycles. The van der Waals surface area contributed by atoms with Gasteiger partial charge in [-0.05, 0) is 0 Å². The molecule has 0 aromatic carbocycles. The van der Waals surface area contributed by atoms with E-state index >= 15 is 0 Å². The number of hydrogen-bond acceptors (Lipinski definition) is 0. The summed E-state index contributed by atoms with van der Waals surface area (Å²) in [6, 6.07) is 0. The summed E-state index contributed by atoms with van der Waals surface area (Å²) in [5.74, 6) is 0. The molecule has 0 bridgehead atoms. The smallest absolute Gasteiger partial charge is 0.147 e. The van der Waals surface area contributed by atoms with E-state index in [9.17, 15) is 0 Å². The standard InChI is InChI=1S/2C6H7.2CH3.2ClH.GeH2.Zr/c2*1-6-4-2-3-5-6;;;;;;/h2*4-5H,2H2,1H3;2*1H3;2*1H;1H2;. The Morgan fingerprint density at radius 1 is 0.889 bits per heavy atom. The maximum absolute atomic E-state index is 2.64. The average molecular weight is 427 g/mol. The van der Waals surface area contributed by atoms with Gasteiger partial charge in [-0.25, -0.2) is 0 Å². The number of hydrogen-bond donors (Lipinski definition) is 0. The van der Waals surface area contributed by atoms with Crippen molar-refractivity contribution >= 4 is 37.0 Å². The summed E-state index contributed by atoms with van der Waals surface area (Å²) in [6.45, 7) is 4.48. The zero-order valence-corrected chi connectivity index (χ0v) is 18.8. The van der Waals surface area contributed by atoms with Crippen LogP contribution in [-0.4, -0.2) is 12.1 Å². The molecule has 0 N–H and O–H groups in total. The van der Waals surface area contributed by atoms with Gasteiger partial charge in [0.15, 0.2) is 0 Å². The van der Waals surface area contributed by atoms with Gasteiger partial charge >= 0.3 is 106 Å². The van der Waals surface area contributed by atoms with E-state index in [4.69, 9.17) is 0 Å². The molecular weight excluding hydrogens is 403 g/mol. The zero-order chi connectivity index (χ0) is 12.0. The van der Waals surface area contributed by atoms with Crippen molar-refractivity contribution in [2.24, 2.45) is 0 Å². The third kappa shape index (κ3) is 3.54. The molecule has 0 aromatic heterocycles. The molecule has 0 nitrogen and oxygen atoms in total. The molecule has 0 heterocycles. The quantitative estimate of drug-likeness (QED) is 0.564. The third-order valence-electron chi connectivity index (χ3n) is 4.15. The molecule has 0 fully saturated rings. The van der Waals surface area contributed by atoms with Crippen molar-refractivity contribution in [1.82, 2.24) is 0 Å². The summed E-state index contributed by atoms with van der Waals surface area (Å²) in [5, 5.41) is 0. The largest absolute Gasteiger partial charge is 0.147 e. The van der Waals surface area contributed by atoms with Crippen LogP contribution in [0.15, 0.2) is 42.0 Å². The first-order valence-corrected chi connectivity index (χ1v) is 24.0. The number of halogens is 2. The maximum atomic E-state index is 2.64. The molecule has 2 aliphatic rings. The first-order chi connectivity index (χ1) is 7.28. The second kappa shape index (κ2) is 6.16. The van der Waals surface area contributed by atoms with Crippen LogP contribution < -0.4 is 0 Å². The summed E-state index contributed by atoms with van der Waals surface area (Å²) in [5.41, 5.74) is 2.96. The molecule has 102 valence electrons. The van der Waals surface area contributed by atoms with Crippen LogP contribution in [0.1, 0.15) is 26.7 Å². The molecule has 0 saturated heterocycles. The fourth-order valence-electron chi connectivity index (χ4n) is 2.65. The van der Waals surface area contributed by atoms with E-state index in [0.717, 1.165) is 0 Å². The number of rotatable bonds is 2. The van der Waals surface area contributed by atoms with Crippen LogP contribution in [0.25, 0.3) is 0 Å². The SMILES string of the molecule is CC1=CC[C]([Zr]([CH3])([CH3])(=[GeH2])[C]2=CC(C)=CC2)=C1.Cl.Cl. The predicted octanol–water partition coefficient (Wildman–Crippen LogP) is 4.63. The van der Waals surface area contributed by atoms with E-state index in [0.29, 0.717) is 0 Å². The summed E-state index contributed by atoms with van der Waals surface area (Å²) >= 11 is -1.11. The summed E-state index contributed by atoms with van der Waals surface area (Å²) in [7, 11) is 0. The summed E-state index contributed by atoms with van der Waals surface area (Å²) in [4.78, 5) is 0. The molecule has 0 atom stereocenters. The minimum Gasteiger partial charge on any atom is -0.147 e. The molecule has 4 heteroatoms. The first kappa shape index (κ1) is 19.0. The van der Waals surface area contributed by atoms with Gasteiger partial charge in [-0.1, -0.05) is 0 Å². The van der Waals surface area contributed by atoms with Gasteiger partial charge in [0.25, 0.3) is 0 Å². The van der Waals surface area contributed by atoms with E-state index < -0.39 is 15.7 Å². The van der Waals surface area contributed by atoms with Crippen molar-refractivity contribution in [3.63, 3.8) is 0 Å². The molecule has 18 heavy (non-hydrogen) atoms. The van der Waals surface area contributed by atoms with Gasteiger partial charge in [0.05, 0.1) is 0 Å². The molecular formula is C14H24Cl2GeZr. The van der Waals surface area contributed by atoms with Gasteiger partial charge in [-0.3, -0.25) is 0 Å². The second-order valence-electron chi connectivity index (χ2n) is 6.33. The minimum absolute atomic E-state index is 0. The van der Waals surface area contributed by atoms with Crippen molar-refractivity contribution in [2.75, 3.05) is 0 Å². The van der Waals surface area contributed by atoms with Crippen LogP contribution in [0.3, 0.4) is 0 Å². The fourth-order valence-corrected chi connectivity index (χ4v) is 16.9. The van der Waals surface area contributed by atoms with Crippen molar-refractivity contribution in [1.29, 1.82) is 0 Å². The molecule has 0 unspecified atom stereocenters. The van der Waals surface area contributed by atoms with Gasteiger partial charge in [0.2, 0.25) is 0 Å². The minimum atomic E-state index is -2.61. The van der Waals surface area contributed by atoms with Crippen LogP contribution in [-0.2, 0) is 15.7 Å². The second-order valence-corrected chi connectivity index (χ2v) is 49.0. The van der Waals surface area contributed by atoms with E-state index in [2.05, 4.69) is 47.4 Å². The molecule has 0 saturated carbocycles. The topological polar surface area (TPSA) is 0 Å². The fraction of sp³-hybridized carbons (Fsp3) is 0.429. The molecule has 0 radical (unpaired) electrons. The Labute approximate surface area is 129 Å². The van der Waals surface area contributed by atoms with Crippen LogP contribution >= 0.6 is 24.8 Å². The van der Waals surface area contributed by atoms with Crippen molar-refractivity contribution < 1.29 is 15.7 Å². The van der Waals surface area contributed by atoms with Crippen LogP contribution in [0, 0.1) is 0 Å². The van der Waals surface area contributed by atoms with Crippen LogP contribution in [0.2, 0.25) is 9.26 Å². The molecule has 0 aliphatic heterocycles. The zero-order valence-electron chi connectivity index (χ0n) is 11.7. The monoisotopic (exact) mass is 426 g/mol. The molecule has 0 amide bonds. The van der Waals surface area contributed by atoms with Gasteiger partial charge in [0, 0.05) is 0 Å². The normalized spacial score (nSPS) is 19.2. The average Bonchev–Trinajstić information content (AvgIpc) is 2.73. The summed E-state index contributed by atoms with van der Waals surface area (Å²) in [6.07, 6.45) is 12.3. The summed E-state index contributed by atoms with van der Waals surface area (Å²) < 4.78 is 8.90. The third-order valence-corrected chi connectivity index (χ3v) is 27.3. The predicted molar refractivity (Wildman–Crippen MR) is 87.7 cm³/mol. The van der Waals surface area contributed by atoms with E-state index in [-0.39, 0.29) is 24.8 Å². The first-order valence-electron chi connectivity index (χ1n) is 6.11. The van der Waals surface area contributed by atoms with Crippen molar-refractivity contribution in [3.05, 3.63) is 42.0 Å². The Balaban J connectivity index is 0.00000144. The molecule has 2 rings (SSSR count). The molecule has 0 aromatic rings. The van der Waals surface area contributed by atoms with Crippen molar-refractivity contribution in [3.8, 4) is 0 Å². The Morgan fingerprint density at radius 3 is 1.44 bits per heavy atom. The van der Waals surface area contributed by atoms with Crippen LogP contribution in [0.5, 0.6) is 0 Å². The van der Waals surface area contributed by atoms with E-state index in [1.165, 1.54) is 36.1 Å². The number of allylic oxidation sites excluding steroid dienone is 8. The Kier molecular flexibility index (Phi) is 6.49. The van der Waals surface area contributed by atoms with Gasteiger partial charge in [-0.15, -0.1) is 24.8 Å². The van der Waals surface area contributed by atoms with Crippen LogP contribution in [0.4, 0.5) is 0 Å². The van der Waals surface area contributed by atoms with Crippen molar-refractivity contribution in [2.45, 2.75) is 36.0 Å².